The van der Waals surface area contributed by atoms with E-state index in [1.807, 2.05) is 73.7 Å². The molecule has 0 spiro atoms. The van der Waals surface area contributed by atoms with Crippen molar-refractivity contribution in [1.29, 1.82) is 0 Å². The maximum absolute atomic E-state index is 12.4. The predicted octanol–water partition coefficient (Wildman–Crippen LogP) is 5.50. The number of amides is 1. The summed E-state index contributed by atoms with van der Waals surface area (Å²) in [4.78, 5) is 12.4. The number of benzene rings is 3. The molecule has 0 radical (unpaired) electrons. The molecule has 1 atom stereocenters. The maximum Gasteiger partial charge on any atom is 0.251 e. The lowest BCUT2D eigenvalue weighted by molar-refractivity contribution is 0.0940. The molecular formula is C21H18ClNO. The lowest BCUT2D eigenvalue weighted by Gasteiger charge is -2.16. The van der Waals surface area contributed by atoms with Gasteiger partial charge in [-0.05, 0) is 41.8 Å². The molecule has 3 aromatic carbocycles. The second-order valence-corrected chi connectivity index (χ2v) is 6.07. The Morgan fingerprint density at radius 1 is 0.833 bits per heavy atom. The first kappa shape index (κ1) is 16.3. The summed E-state index contributed by atoms with van der Waals surface area (Å²) in [6.45, 7) is 1.93. The number of carbonyl (C=O) groups excluding carboxylic acids is 1. The van der Waals surface area contributed by atoms with Crippen LogP contribution in [0.15, 0.2) is 78.9 Å². The molecule has 1 amide bonds. The average molecular weight is 336 g/mol. The van der Waals surface area contributed by atoms with E-state index in [2.05, 4.69) is 17.4 Å². The first-order chi connectivity index (χ1) is 11.6. The first-order valence-corrected chi connectivity index (χ1v) is 8.24. The number of carbonyl (C=O) groups is 1. The van der Waals surface area contributed by atoms with E-state index in [-0.39, 0.29) is 11.9 Å². The van der Waals surface area contributed by atoms with E-state index in [9.17, 15) is 4.79 Å². The van der Waals surface area contributed by atoms with E-state index in [4.69, 9.17) is 11.6 Å². The zero-order valence-corrected chi connectivity index (χ0v) is 14.1. The van der Waals surface area contributed by atoms with Gasteiger partial charge in [-0.3, -0.25) is 4.79 Å². The van der Waals surface area contributed by atoms with E-state index < -0.39 is 0 Å². The lowest BCUT2D eigenvalue weighted by Crippen LogP contribution is -2.26. The van der Waals surface area contributed by atoms with Crippen molar-refractivity contribution in [2.75, 3.05) is 0 Å². The fourth-order valence-corrected chi connectivity index (χ4v) is 2.93. The average Bonchev–Trinajstić information content (AvgIpc) is 2.63. The van der Waals surface area contributed by atoms with Gasteiger partial charge >= 0.3 is 0 Å². The van der Waals surface area contributed by atoms with E-state index in [1.165, 1.54) is 0 Å². The number of hydrogen-bond acceptors (Lipinski definition) is 1. The van der Waals surface area contributed by atoms with Crippen molar-refractivity contribution in [1.82, 2.24) is 5.32 Å². The Morgan fingerprint density at radius 2 is 1.42 bits per heavy atom. The molecule has 1 unspecified atom stereocenters. The van der Waals surface area contributed by atoms with Gasteiger partial charge in [0.2, 0.25) is 0 Å². The Balaban J connectivity index is 1.73. The predicted molar refractivity (Wildman–Crippen MR) is 99.2 cm³/mol. The van der Waals surface area contributed by atoms with Crippen LogP contribution in [0.3, 0.4) is 0 Å². The molecule has 0 fully saturated rings. The van der Waals surface area contributed by atoms with Crippen LogP contribution in [0, 0.1) is 0 Å². The molecule has 0 aromatic heterocycles. The van der Waals surface area contributed by atoms with E-state index in [0.29, 0.717) is 10.6 Å². The summed E-state index contributed by atoms with van der Waals surface area (Å²) in [7, 11) is 0. The summed E-state index contributed by atoms with van der Waals surface area (Å²) in [5.41, 5.74) is 3.77. The van der Waals surface area contributed by atoms with E-state index >= 15 is 0 Å². The summed E-state index contributed by atoms with van der Waals surface area (Å²) in [5, 5.41) is 3.65. The van der Waals surface area contributed by atoms with Gasteiger partial charge in [-0.15, -0.1) is 0 Å². The molecule has 24 heavy (non-hydrogen) atoms. The molecule has 0 bridgehead atoms. The molecule has 1 N–H and O–H groups in total. The quantitative estimate of drug-likeness (QED) is 0.670. The fraction of sp³-hybridized carbons (Fsp3) is 0.0952. The van der Waals surface area contributed by atoms with E-state index in [1.54, 1.807) is 0 Å². The molecular weight excluding hydrogens is 318 g/mol. The molecule has 0 saturated carbocycles. The first-order valence-electron chi connectivity index (χ1n) is 7.86. The minimum Gasteiger partial charge on any atom is -0.345 e. The second kappa shape index (κ2) is 7.33. The highest BCUT2D eigenvalue weighted by atomic mass is 35.5. The third kappa shape index (κ3) is 3.66. The highest BCUT2D eigenvalue weighted by Gasteiger charge is 2.13. The van der Waals surface area contributed by atoms with Crippen LogP contribution in [0.25, 0.3) is 11.1 Å². The molecule has 0 aliphatic rings. The van der Waals surface area contributed by atoms with Crippen molar-refractivity contribution >= 4 is 17.5 Å². The van der Waals surface area contributed by atoms with Gasteiger partial charge in [-0.25, -0.2) is 0 Å². The van der Waals surface area contributed by atoms with Crippen LogP contribution in [-0.2, 0) is 0 Å². The smallest absolute Gasteiger partial charge is 0.251 e. The van der Waals surface area contributed by atoms with Crippen LogP contribution in [0.2, 0.25) is 5.02 Å². The minimum atomic E-state index is -0.153. The maximum atomic E-state index is 12.4. The Bertz CT molecular complexity index is 828. The SMILES string of the molecule is CC(NC(=O)c1ccc(-c2ccccc2)cc1)c1ccccc1Cl. The molecule has 0 aliphatic heterocycles. The monoisotopic (exact) mass is 335 g/mol. The molecule has 3 aromatic rings. The Kier molecular flexibility index (Phi) is 4.97. The molecule has 0 saturated heterocycles. The number of nitrogens with one attached hydrogen (secondary N) is 1. The van der Waals surface area contributed by atoms with Crippen molar-refractivity contribution in [2.45, 2.75) is 13.0 Å². The largest absolute Gasteiger partial charge is 0.345 e. The van der Waals surface area contributed by atoms with Gasteiger partial charge in [-0.2, -0.15) is 0 Å². The van der Waals surface area contributed by atoms with Crippen LogP contribution in [-0.4, -0.2) is 5.91 Å². The summed E-state index contributed by atoms with van der Waals surface area (Å²) < 4.78 is 0. The van der Waals surface area contributed by atoms with Gasteiger partial charge in [0, 0.05) is 10.6 Å². The number of halogens is 1. The number of rotatable bonds is 4. The Morgan fingerprint density at radius 3 is 2.08 bits per heavy atom. The van der Waals surface area contributed by atoms with Crippen LogP contribution in [0.4, 0.5) is 0 Å². The second-order valence-electron chi connectivity index (χ2n) is 5.66. The van der Waals surface area contributed by atoms with E-state index in [0.717, 1.165) is 16.7 Å². The van der Waals surface area contributed by atoms with Gasteiger partial charge in [-0.1, -0.05) is 72.3 Å². The van der Waals surface area contributed by atoms with Gasteiger partial charge in [0.05, 0.1) is 6.04 Å². The molecule has 120 valence electrons. The van der Waals surface area contributed by atoms with Crippen LogP contribution < -0.4 is 5.32 Å². The fourth-order valence-electron chi connectivity index (χ4n) is 2.63. The Labute approximate surface area is 147 Å². The third-order valence-corrected chi connectivity index (χ3v) is 4.32. The van der Waals surface area contributed by atoms with Crippen molar-refractivity contribution in [2.24, 2.45) is 0 Å². The molecule has 0 aliphatic carbocycles. The minimum absolute atomic E-state index is 0.109. The number of hydrogen-bond donors (Lipinski definition) is 1. The zero-order valence-electron chi connectivity index (χ0n) is 13.4. The van der Waals surface area contributed by atoms with Gasteiger partial charge in [0.1, 0.15) is 0 Å². The van der Waals surface area contributed by atoms with Crippen LogP contribution >= 0.6 is 11.6 Å². The third-order valence-electron chi connectivity index (χ3n) is 3.97. The highest BCUT2D eigenvalue weighted by Crippen LogP contribution is 2.23. The zero-order chi connectivity index (χ0) is 16.9. The van der Waals surface area contributed by atoms with Crippen molar-refractivity contribution in [3.8, 4) is 11.1 Å². The van der Waals surface area contributed by atoms with Gasteiger partial charge in [0.15, 0.2) is 0 Å². The van der Waals surface area contributed by atoms with Crippen LogP contribution in [0.5, 0.6) is 0 Å². The molecule has 3 heteroatoms. The summed E-state index contributed by atoms with van der Waals surface area (Å²) in [5.74, 6) is -0.109. The molecule has 3 rings (SSSR count). The lowest BCUT2D eigenvalue weighted by atomic mass is 10.0. The Hall–Kier alpha value is -2.58. The van der Waals surface area contributed by atoms with Gasteiger partial charge in [0.25, 0.3) is 5.91 Å². The highest BCUT2D eigenvalue weighted by molar-refractivity contribution is 6.31. The van der Waals surface area contributed by atoms with Crippen molar-refractivity contribution in [3.05, 3.63) is 95.0 Å². The van der Waals surface area contributed by atoms with Crippen molar-refractivity contribution < 1.29 is 4.79 Å². The van der Waals surface area contributed by atoms with Crippen LogP contribution in [0.1, 0.15) is 28.9 Å². The van der Waals surface area contributed by atoms with Gasteiger partial charge < -0.3 is 5.32 Å². The summed E-state index contributed by atoms with van der Waals surface area (Å²) >= 11 is 6.19. The standard InChI is InChI=1S/C21H18ClNO/c1-15(19-9-5-6-10-20(19)22)23-21(24)18-13-11-17(12-14-18)16-7-3-2-4-8-16/h2-15H,1H3,(H,23,24). The summed E-state index contributed by atoms with van der Waals surface area (Å²) in [6, 6.07) is 25.1. The topological polar surface area (TPSA) is 29.1 Å². The summed E-state index contributed by atoms with van der Waals surface area (Å²) in [6.07, 6.45) is 0. The van der Waals surface area contributed by atoms with Crippen molar-refractivity contribution in [3.63, 3.8) is 0 Å². The normalized spacial score (nSPS) is 11.8. The molecule has 0 heterocycles. The molecule has 2 nitrogen and oxygen atoms in total.